The summed E-state index contributed by atoms with van der Waals surface area (Å²) in [5.41, 5.74) is 5.59. The molecule has 0 saturated carbocycles. The van der Waals surface area contributed by atoms with Gasteiger partial charge in [0.15, 0.2) is 5.75 Å². The number of nitrogens with one attached hydrogen (secondary N) is 3. The summed E-state index contributed by atoms with van der Waals surface area (Å²) in [5.74, 6) is -0.762. The number of benzene rings is 2. The lowest BCUT2D eigenvalue weighted by Crippen LogP contribution is -2.36. The second kappa shape index (κ2) is 16.8. The standard InChI is InChI=1S/C35H53N3O7S/c1-12-44-33(40)13-14-36-35(41)37-26-17-29(23(8)9)34(30(18-26)24(10)11)45-46(42,43)38-32(39)19-31-27(21(4)5)15-25(20(2)3)16-28(31)22(6)7/h15-18,20-24H,12-14,19H2,1-11H3,(H,38,39)(H2,36,37,41). The van der Waals surface area contributed by atoms with E-state index < -0.39 is 28.2 Å². The quantitative estimate of drug-likeness (QED) is 0.170. The van der Waals surface area contributed by atoms with Crippen molar-refractivity contribution in [3.05, 3.63) is 57.6 Å². The highest BCUT2D eigenvalue weighted by Crippen LogP contribution is 2.38. The van der Waals surface area contributed by atoms with Gasteiger partial charge in [-0.15, -0.1) is 0 Å². The van der Waals surface area contributed by atoms with E-state index in [4.69, 9.17) is 8.92 Å². The highest BCUT2D eigenvalue weighted by molar-refractivity contribution is 7.85. The van der Waals surface area contributed by atoms with Gasteiger partial charge >= 0.3 is 22.3 Å². The average molecular weight is 660 g/mol. The number of carbonyl (C=O) groups is 3. The maximum Gasteiger partial charge on any atom is 0.409 e. The van der Waals surface area contributed by atoms with Crippen molar-refractivity contribution in [2.75, 3.05) is 18.5 Å². The minimum absolute atomic E-state index is 0.0346. The molecular formula is C35H53N3O7S. The maximum atomic E-state index is 13.3. The molecule has 0 aliphatic heterocycles. The van der Waals surface area contributed by atoms with Crippen LogP contribution in [0.5, 0.6) is 5.75 Å². The number of carbonyl (C=O) groups excluding carboxylic acids is 3. The monoisotopic (exact) mass is 659 g/mol. The number of anilines is 1. The molecule has 0 aromatic heterocycles. The zero-order valence-electron chi connectivity index (χ0n) is 29.3. The van der Waals surface area contributed by atoms with Crippen molar-refractivity contribution in [3.63, 3.8) is 0 Å². The number of urea groups is 1. The molecule has 0 bridgehead atoms. The summed E-state index contributed by atoms with van der Waals surface area (Å²) in [6.07, 6.45) is -0.0723. The molecule has 0 heterocycles. The smallest absolute Gasteiger partial charge is 0.409 e. The first-order valence-corrected chi connectivity index (χ1v) is 17.6. The van der Waals surface area contributed by atoms with E-state index in [2.05, 4.69) is 69.0 Å². The fourth-order valence-electron chi connectivity index (χ4n) is 5.16. The Balaban J connectivity index is 2.36. The highest BCUT2D eigenvalue weighted by atomic mass is 32.2. The van der Waals surface area contributed by atoms with Crippen LogP contribution >= 0.6 is 0 Å². The third-order valence-corrected chi connectivity index (χ3v) is 8.45. The summed E-state index contributed by atoms with van der Waals surface area (Å²) in [6.45, 7) is 22.1. The first kappa shape index (κ1) is 38.6. The highest BCUT2D eigenvalue weighted by Gasteiger charge is 2.26. The van der Waals surface area contributed by atoms with Gasteiger partial charge in [0.1, 0.15) is 0 Å². The second-order valence-electron chi connectivity index (χ2n) is 13.1. The van der Waals surface area contributed by atoms with E-state index in [9.17, 15) is 22.8 Å². The van der Waals surface area contributed by atoms with Crippen LogP contribution in [0.4, 0.5) is 10.5 Å². The Bertz CT molecular complexity index is 1440. The van der Waals surface area contributed by atoms with Crippen LogP contribution in [0.2, 0.25) is 0 Å². The molecule has 11 heteroatoms. The average Bonchev–Trinajstić information content (AvgIpc) is 2.92. The molecule has 256 valence electrons. The van der Waals surface area contributed by atoms with Gasteiger partial charge < -0.3 is 19.6 Å². The van der Waals surface area contributed by atoms with E-state index in [0.29, 0.717) is 22.7 Å². The van der Waals surface area contributed by atoms with Crippen molar-refractivity contribution in [2.45, 2.75) is 119 Å². The zero-order chi connectivity index (χ0) is 34.9. The van der Waals surface area contributed by atoms with Gasteiger partial charge in [0.05, 0.1) is 19.4 Å². The number of hydrogen-bond donors (Lipinski definition) is 3. The van der Waals surface area contributed by atoms with Gasteiger partial charge in [-0.25, -0.2) is 9.52 Å². The Hall–Kier alpha value is -3.60. The molecule has 10 nitrogen and oxygen atoms in total. The molecule has 0 fully saturated rings. The summed E-state index contributed by atoms with van der Waals surface area (Å²) in [4.78, 5) is 37.4. The first-order valence-electron chi connectivity index (χ1n) is 16.2. The van der Waals surface area contributed by atoms with E-state index in [-0.39, 0.29) is 55.4 Å². The van der Waals surface area contributed by atoms with Crippen LogP contribution in [-0.4, -0.2) is 39.5 Å². The van der Waals surface area contributed by atoms with E-state index >= 15 is 0 Å². The summed E-state index contributed by atoms with van der Waals surface area (Å²) >= 11 is 0. The lowest BCUT2D eigenvalue weighted by molar-refractivity contribution is -0.142. The van der Waals surface area contributed by atoms with Crippen LogP contribution in [0.15, 0.2) is 24.3 Å². The Labute approximate surface area is 275 Å². The maximum absolute atomic E-state index is 13.3. The summed E-state index contributed by atoms with van der Waals surface area (Å²) in [5, 5.41) is 5.37. The molecule has 0 atom stereocenters. The molecular weight excluding hydrogens is 606 g/mol. The first-order chi connectivity index (χ1) is 21.4. The topological polar surface area (TPSA) is 140 Å². The van der Waals surface area contributed by atoms with E-state index in [1.165, 1.54) is 5.56 Å². The molecule has 3 amide bonds. The van der Waals surface area contributed by atoms with Gasteiger partial charge in [-0.3, -0.25) is 9.59 Å². The van der Waals surface area contributed by atoms with Crippen LogP contribution in [0.1, 0.15) is 146 Å². The molecule has 2 rings (SSSR count). The molecule has 3 N–H and O–H groups in total. The van der Waals surface area contributed by atoms with Crippen molar-refractivity contribution < 1.29 is 31.7 Å². The molecule has 0 radical (unpaired) electrons. The Morgan fingerprint density at radius 1 is 0.739 bits per heavy atom. The Kier molecular flexibility index (Phi) is 14.1. The van der Waals surface area contributed by atoms with Crippen molar-refractivity contribution in [3.8, 4) is 5.75 Å². The van der Waals surface area contributed by atoms with Gasteiger partial charge in [0.25, 0.3) is 0 Å². The minimum Gasteiger partial charge on any atom is -0.466 e. The van der Waals surface area contributed by atoms with E-state index in [0.717, 1.165) is 16.7 Å². The third-order valence-electron chi connectivity index (χ3n) is 7.59. The number of ether oxygens (including phenoxy) is 1. The van der Waals surface area contributed by atoms with Crippen molar-refractivity contribution in [2.24, 2.45) is 0 Å². The third kappa shape index (κ3) is 11.0. The molecule has 0 saturated heterocycles. The van der Waals surface area contributed by atoms with Crippen molar-refractivity contribution >= 4 is 33.9 Å². The molecule has 0 aliphatic rings. The SMILES string of the molecule is CCOC(=O)CCNC(=O)Nc1cc(C(C)C)c(OS(=O)(=O)NC(=O)Cc2c(C(C)C)cc(C(C)C)cc2C(C)C)c(C(C)C)c1. The van der Waals surface area contributed by atoms with Crippen LogP contribution in [0.3, 0.4) is 0 Å². The lowest BCUT2D eigenvalue weighted by Gasteiger charge is -2.23. The zero-order valence-corrected chi connectivity index (χ0v) is 30.1. The van der Waals surface area contributed by atoms with Gasteiger partial charge in [-0.2, -0.15) is 8.42 Å². The van der Waals surface area contributed by atoms with Gasteiger partial charge in [0.2, 0.25) is 5.91 Å². The number of hydrogen-bond acceptors (Lipinski definition) is 7. The fourth-order valence-corrected chi connectivity index (χ4v) is 5.97. The van der Waals surface area contributed by atoms with Gasteiger partial charge in [-0.1, -0.05) is 81.4 Å². The van der Waals surface area contributed by atoms with Crippen molar-refractivity contribution in [1.29, 1.82) is 0 Å². The van der Waals surface area contributed by atoms with Crippen LogP contribution in [-0.2, 0) is 31.1 Å². The lowest BCUT2D eigenvalue weighted by atomic mass is 9.83. The van der Waals surface area contributed by atoms with Crippen LogP contribution in [0.25, 0.3) is 0 Å². The molecule has 46 heavy (non-hydrogen) atoms. The largest absolute Gasteiger partial charge is 0.466 e. The van der Waals surface area contributed by atoms with E-state index in [1.54, 1.807) is 19.1 Å². The van der Waals surface area contributed by atoms with Gasteiger partial charge in [0, 0.05) is 23.4 Å². The van der Waals surface area contributed by atoms with Crippen LogP contribution < -0.4 is 19.5 Å². The van der Waals surface area contributed by atoms with Gasteiger partial charge in [-0.05, 0) is 70.9 Å². The summed E-state index contributed by atoms with van der Waals surface area (Å²) < 4.78 is 39.3. The molecule has 2 aromatic carbocycles. The minimum atomic E-state index is -4.56. The van der Waals surface area contributed by atoms with Crippen LogP contribution in [0, 0.1) is 0 Å². The molecule has 0 spiro atoms. The predicted molar refractivity (Wildman–Crippen MR) is 183 cm³/mol. The number of esters is 1. The Morgan fingerprint density at radius 3 is 1.67 bits per heavy atom. The van der Waals surface area contributed by atoms with E-state index in [1.807, 2.05) is 27.7 Å². The molecule has 0 aliphatic carbocycles. The Morgan fingerprint density at radius 2 is 1.24 bits per heavy atom. The summed E-state index contributed by atoms with van der Waals surface area (Å²) in [6, 6.07) is 7.01. The number of amides is 3. The normalized spacial score (nSPS) is 11.8. The summed E-state index contributed by atoms with van der Waals surface area (Å²) in [7, 11) is -4.56. The van der Waals surface area contributed by atoms with Crippen molar-refractivity contribution in [1.82, 2.24) is 10.0 Å². The molecule has 2 aromatic rings. The second-order valence-corrected chi connectivity index (χ2v) is 14.4. The molecule has 0 unspecified atom stereocenters. The predicted octanol–water partition coefficient (Wildman–Crippen LogP) is 7.36. The number of rotatable bonds is 15. The fraction of sp³-hybridized carbons (Fsp3) is 0.571.